The molecule has 1 rings (SSSR count). The maximum absolute atomic E-state index is 12.9. The van der Waals surface area contributed by atoms with Gasteiger partial charge in [0.1, 0.15) is 5.82 Å². The molecule has 15 heavy (non-hydrogen) atoms. The van der Waals surface area contributed by atoms with Crippen LogP contribution in [-0.2, 0) is 20.6 Å². The summed E-state index contributed by atoms with van der Waals surface area (Å²) in [6.45, 7) is 0.252. The quantitative estimate of drug-likeness (QED) is 0.614. The molecule has 0 fully saturated rings. The first kappa shape index (κ1) is 12.9. The summed E-state index contributed by atoms with van der Waals surface area (Å²) in [6.07, 6.45) is 0. The third-order valence-corrected chi connectivity index (χ3v) is 2.82. The highest BCUT2D eigenvalue weighted by atomic mass is 127. The first-order valence-corrected chi connectivity index (χ1v) is 5.36. The van der Waals surface area contributed by atoms with Gasteiger partial charge in [0.05, 0.1) is 6.61 Å². The van der Waals surface area contributed by atoms with Gasteiger partial charge >= 0.3 is 7.32 Å². The zero-order valence-corrected chi connectivity index (χ0v) is 10.7. The molecular weight excluding hydrogens is 313 g/mol. The van der Waals surface area contributed by atoms with E-state index < -0.39 is 7.32 Å². The van der Waals surface area contributed by atoms with Crippen LogP contribution >= 0.6 is 22.6 Å². The summed E-state index contributed by atoms with van der Waals surface area (Å²) in [7, 11) is 2.24. The molecule has 0 atom stereocenters. The summed E-state index contributed by atoms with van der Waals surface area (Å²) in [5.41, 5.74) is 0.773. The lowest BCUT2D eigenvalue weighted by Gasteiger charge is -2.10. The Bertz CT molecular complexity index is 320. The molecule has 1 aromatic carbocycles. The Balaban J connectivity index is 2.60. The molecule has 0 spiro atoms. The van der Waals surface area contributed by atoms with Gasteiger partial charge in [-0.05, 0) is 46.4 Å². The average molecular weight is 324 g/mol. The smallest absolute Gasteiger partial charge is 0.389 e. The van der Waals surface area contributed by atoms with E-state index in [1.807, 2.05) is 0 Å². The molecule has 3 nitrogen and oxygen atoms in total. The van der Waals surface area contributed by atoms with Crippen molar-refractivity contribution < 1.29 is 18.4 Å². The minimum absolute atomic E-state index is 0.252. The summed E-state index contributed by atoms with van der Waals surface area (Å²) in [5.74, 6) is -0.277. The fourth-order valence-electron chi connectivity index (χ4n) is 1.04. The Hall–Kier alpha value is -0.175. The predicted octanol–water partition coefficient (Wildman–Crippen LogP) is 2.22. The van der Waals surface area contributed by atoms with Crippen LogP contribution in [0.3, 0.4) is 0 Å². The Morgan fingerprint density at radius 1 is 1.33 bits per heavy atom. The highest BCUT2D eigenvalue weighted by Crippen LogP contribution is 2.15. The molecule has 0 aliphatic heterocycles. The fraction of sp³-hybridized carbons (Fsp3) is 0.333. The minimum atomic E-state index is -0.718. The number of rotatable bonds is 5. The van der Waals surface area contributed by atoms with E-state index in [0.717, 1.165) is 9.13 Å². The summed E-state index contributed by atoms with van der Waals surface area (Å²) in [4.78, 5) is 0. The molecule has 0 bridgehead atoms. The number of hydrogen-bond donors (Lipinski definition) is 0. The molecular formula is C9H11BFIO3. The average Bonchev–Trinajstić information content (AvgIpc) is 2.24. The number of benzene rings is 1. The van der Waals surface area contributed by atoms with Crippen molar-refractivity contribution in [2.24, 2.45) is 0 Å². The molecule has 0 N–H and O–H groups in total. The van der Waals surface area contributed by atoms with Gasteiger partial charge in [0.15, 0.2) is 0 Å². The van der Waals surface area contributed by atoms with Gasteiger partial charge in [0.25, 0.3) is 0 Å². The second-order valence-electron chi connectivity index (χ2n) is 2.81. The topological polar surface area (TPSA) is 27.7 Å². The molecule has 0 heterocycles. The van der Waals surface area contributed by atoms with Crippen molar-refractivity contribution in [1.82, 2.24) is 0 Å². The lowest BCUT2D eigenvalue weighted by atomic mass is 10.2. The second-order valence-corrected chi connectivity index (χ2v) is 3.97. The summed E-state index contributed by atoms with van der Waals surface area (Å²) >= 11 is 2.12. The maximum Gasteiger partial charge on any atom is 0.639 e. The van der Waals surface area contributed by atoms with Crippen molar-refractivity contribution in [3.8, 4) is 0 Å². The van der Waals surface area contributed by atoms with E-state index in [2.05, 4.69) is 22.6 Å². The molecule has 1 aromatic rings. The van der Waals surface area contributed by atoms with Crippen molar-refractivity contribution in [1.29, 1.82) is 0 Å². The molecule has 0 amide bonds. The maximum atomic E-state index is 12.9. The van der Waals surface area contributed by atoms with Gasteiger partial charge in [-0.3, -0.25) is 0 Å². The van der Waals surface area contributed by atoms with Gasteiger partial charge in [-0.25, -0.2) is 4.39 Å². The molecule has 6 heteroatoms. The van der Waals surface area contributed by atoms with E-state index in [4.69, 9.17) is 14.0 Å². The lowest BCUT2D eigenvalue weighted by Crippen LogP contribution is -2.23. The van der Waals surface area contributed by atoms with Crippen LogP contribution in [0, 0.1) is 9.39 Å². The number of hydrogen-bond acceptors (Lipinski definition) is 3. The van der Waals surface area contributed by atoms with Crippen LogP contribution in [0.15, 0.2) is 18.2 Å². The first-order chi connectivity index (χ1) is 7.17. The SMILES string of the molecule is COB(OC)OCc1cc(F)ccc1I. The van der Waals surface area contributed by atoms with Crippen molar-refractivity contribution in [3.05, 3.63) is 33.1 Å². The van der Waals surface area contributed by atoms with Crippen LogP contribution in [-0.4, -0.2) is 21.5 Å². The van der Waals surface area contributed by atoms with E-state index in [1.54, 1.807) is 6.07 Å². The Kier molecular flexibility index (Phi) is 5.52. The molecule has 0 radical (unpaired) electrons. The van der Waals surface area contributed by atoms with Crippen LogP contribution in [0.2, 0.25) is 0 Å². The zero-order valence-electron chi connectivity index (χ0n) is 8.50. The number of halogens is 2. The fourth-order valence-corrected chi connectivity index (χ4v) is 1.54. The monoisotopic (exact) mass is 324 g/mol. The zero-order chi connectivity index (χ0) is 11.3. The molecule has 82 valence electrons. The van der Waals surface area contributed by atoms with Gasteiger partial charge in [0, 0.05) is 17.8 Å². The first-order valence-electron chi connectivity index (χ1n) is 4.28. The van der Waals surface area contributed by atoms with Crippen molar-refractivity contribution in [3.63, 3.8) is 0 Å². The van der Waals surface area contributed by atoms with Crippen molar-refractivity contribution in [2.75, 3.05) is 14.2 Å². The Labute approximate surface area is 102 Å². The third kappa shape index (κ3) is 4.06. The lowest BCUT2D eigenvalue weighted by molar-refractivity contribution is 0.128. The summed E-state index contributed by atoms with van der Waals surface area (Å²) in [6, 6.07) is 4.54. The van der Waals surface area contributed by atoms with Gasteiger partial charge in [-0.1, -0.05) is 0 Å². The Morgan fingerprint density at radius 2 is 2.00 bits per heavy atom. The van der Waals surface area contributed by atoms with Crippen LogP contribution < -0.4 is 0 Å². The second kappa shape index (κ2) is 6.42. The van der Waals surface area contributed by atoms with Gasteiger partial charge in [0.2, 0.25) is 0 Å². The van der Waals surface area contributed by atoms with Gasteiger partial charge < -0.3 is 14.0 Å². The minimum Gasteiger partial charge on any atom is -0.389 e. The highest BCUT2D eigenvalue weighted by molar-refractivity contribution is 14.1. The predicted molar refractivity (Wildman–Crippen MR) is 63.7 cm³/mol. The van der Waals surface area contributed by atoms with Gasteiger partial charge in [-0.15, -0.1) is 0 Å². The molecule has 0 saturated heterocycles. The Morgan fingerprint density at radius 3 is 2.60 bits per heavy atom. The molecule has 0 aliphatic carbocycles. The van der Waals surface area contributed by atoms with Crippen molar-refractivity contribution in [2.45, 2.75) is 6.61 Å². The summed E-state index contributed by atoms with van der Waals surface area (Å²) in [5, 5.41) is 0. The molecule has 0 aliphatic rings. The van der Waals surface area contributed by atoms with Crippen LogP contribution in [0.5, 0.6) is 0 Å². The third-order valence-electron chi connectivity index (χ3n) is 1.77. The van der Waals surface area contributed by atoms with Crippen LogP contribution in [0.1, 0.15) is 5.56 Å². The van der Waals surface area contributed by atoms with E-state index in [9.17, 15) is 4.39 Å². The largest absolute Gasteiger partial charge is 0.639 e. The van der Waals surface area contributed by atoms with Crippen LogP contribution in [0.25, 0.3) is 0 Å². The van der Waals surface area contributed by atoms with E-state index in [0.29, 0.717) is 0 Å². The summed E-state index contributed by atoms with van der Waals surface area (Å²) < 4.78 is 28.8. The van der Waals surface area contributed by atoms with Crippen molar-refractivity contribution >= 4 is 29.9 Å². The standard InChI is InChI=1S/C9H11BFIO3/c1-13-10(14-2)15-6-7-5-8(11)3-4-9(7)12/h3-5H,6H2,1-2H3. The van der Waals surface area contributed by atoms with E-state index >= 15 is 0 Å². The van der Waals surface area contributed by atoms with E-state index in [1.165, 1.54) is 26.4 Å². The van der Waals surface area contributed by atoms with Gasteiger partial charge in [-0.2, -0.15) is 0 Å². The molecule has 0 unspecified atom stereocenters. The molecule has 0 aromatic heterocycles. The normalized spacial score (nSPS) is 10.4. The highest BCUT2D eigenvalue weighted by Gasteiger charge is 2.17. The molecule has 0 saturated carbocycles. The van der Waals surface area contributed by atoms with E-state index in [-0.39, 0.29) is 12.4 Å². The van der Waals surface area contributed by atoms with Crippen LogP contribution in [0.4, 0.5) is 4.39 Å².